The lowest BCUT2D eigenvalue weighted by Gasteiger charge is -2.23. The molecular weight excluding hydrogens is 508 g/mol. The van der Waals surface area contributed by atoms with E-state index in [-0.39, 0.29) is 4.90 Å². The molecule has 37 heavy (non-hydrogen) atoms. The number of amides is 1. The number of halogens is 1. The van der Waals surface area contributed by atoms with Gasteiger partial charge in [-0.1, -0.05) is 41.9 Å². The highest BCUT2D eigenvalue weighted by Crippen LogP contribution is 2.25. The van der Waals surface area contributed by atoms with Crippen molar-refractivity contribution >= 4 is 39.4 Å². The normalized spacial score (nSPS) is 11.6. The molecule has 1 N–H and O–H groups in total. The molecule has 7 nitrogen and oxygen atoms in total. The Morgan fingerprint density at radius 3 is 2.35 bits per heavy atom. The number of sulfonamides is 1. The van der Waals surface area contributed by atoms with E-state index in [0.29, 0.717) is 10.7 Å². The number of carbonyl (C=O) groups excluding carboxylic acids is 1. The number of benzene rings is 3. The van der Waals surface area contributed by atoms with Crippen LogP contribution in [0, 0.1) is 20.8 Å². The van der Waals surface area contributed by atoms with E-state index in [0.717, 1.165) is 32.5 Å². The van der Waals surface area contributed by atoms with Gasteiger partial charge in [0.25, 0.3) is 15.9 Å². The Morgan fingerprint density at radius 2 is 1.68 bits per heavy atom. The van der Waals surface area contributed by atoms with Crippen LogP contribution in [0.3, 0.4) is 0 Å². The quantitative estimate of drug-likeness (QED) is 0.242. The van der Waals surface area contributed by atoms with Crippen LogP contribution in [0.1, 0.15) is 22.5 Å². The van der Waals surface area contributed by atoms with Crippen LogP contribution < -0.4 is 9.73 Å². The summed E-state index contributed by atoms with van der Waals surface area (Å²) in [6, 6.07) is 24.4. The van der Waals surface area contributed by atoms with Crippen molar-refractivity contribution in [1.82, 2.24) is 9.99 Å². The first-order chi connectivity index (χ1) is 17.7. The number of rotatable bonds is 8. The maximum absolute atomic E-state index is 13.4. The second-order valence-electron chi connectivity index (χ2n) is 8.60. The number of hydrazone groups is 1. The van der Waals surface area contributed by atoms with E-state index < -0.39 is 22.5 Å². The van der Waals surface area contributed by atoms with Gasteiger partial charge in [-0.15, -0.1) is 0 Å². The van der Waals surface area contributed by atoms with E-state index in [1.54, 1.807) is 48.7 Å². The SMILES string of the molecule is Cc1cccc(-n2c(C)cc(/C=N\NC(=O)CN(c3ccc(Cl)cc3)S(=O)(=O)c3ccccc3)c2C)c1. The van der Waals surface area contributed by atoms with Crippen molar-refractivity contribution in [3.05, 3.63) is 112 Å². The lowest BCUT2D eigenvalue weighted by Crippen LogP contribution is -2.39. The second kappa shape index (κ2) is 11.0. The summed E-state index contributed by atoms with van der Waals surface area (Å²) >= 11 is 5.98. The van der Waals surface area contributed by atoms with Crippen molar-refractivity contribution in [2.75, 3.05) is 10.8 Å². The van der Waals surface area contributed by atoms with Gasteiger partial charge in [-0.3, -0.25) is 9.10 Å². The first-order valence-corrected chi connectivity index (χ1v) is 13.4. The van der Waals surface area contributed by atoms with Gasteiger partial charge in [-0.05, 0) is 80.9 Å². The summed E-state index contributed by atoms with van der Waals surface area (Å²) in [6.07, 6.45) is 1.56. The van der Waals surface area contributed by atoms with Gasteiger partial charge in [-0.2, -0.15) is 5.10 Å². The van der Waals surface area contributed by atoms with Crippen LogP contribution in [-0.4, -0.2) is 31.7 Å². The molecule has 0 aliphatic rings. The van der Waals surface area contributed by atoms with Crippen molar-refractivity contribution in [2.24, 2.45) is 5.10 Å². The molecule has 0 aliphatic heterocycles. The third-order valence-electron chi connectivity index (χ3n) is 5.86. The molecule has 0 saturated carbocycles. The topological polar surface area (TPSA) is 83.8 Å². The molecule has 4 rings (SSSR count). The number of hydrogen-bond donors (Lipinski definition) is 1. The van der Waals surface area contributed by atoms with Gasteiger partial charge in [0, 0.05) is 27.7 Å². The predicted octanol–water partition coefficient (Wildman–Crippen LogP) is 5.40. The molecule has 0 fully saturated rings. The lowest BCUT2D eigenvalue weighted by molar-refractivity contribution is -0.119. The van der Waals surface area contributed by atoms with Crippen LogP contribution in [0.2, 0.25) is 5.02 Å². The summed E-state index contributed by atoms with van der Waals surface area (Å²) in [7, 11) is -4.01. The highest BCUT2D eigenvalue weighted by atomic mass is 35.5. The Morgan fingerprint density at radius 1 is 0.973 bits per heavy atom. The molecule has 0 aliphatic carbocycles. The second-order valence-corrected chi connectivity index (χ2v) is 10.9. The maximum atomic E-state index is 13.4. The van der Waals surface area contributed by atoms with Crippen LogP contribution in [0.25, 0.3) is 5.69 Å². The fraction of sp³-hybridized carbons (Fsp3) is 0.143. The van der Waals surface area contributed by atoms with Crippen molar-refractivity contribution in [3.8, 4) is 5.69 Å². The molecule has 0 bridgehead atoms. The monoisotopic (exact) mass is 534 g/mol. The van der Waals surface area contributed by atoms with E-state index in [2.05, 4.69) is 21.2 Å². The minimum Gasteiger partial charge on any atom is -0.318 e. The number of aromatic nitrogens is 1. The Bertz CT molecular complexity index is 1550. The Kier molecular flexibility index (Phi) is 7.80. The Labute approximate surface area is 222 Å². The van der Waals surface area contributed by atoms with E-state index in [4.69, 9.17) is 11.6 Å². The summed E-state index contributed by atoms with van der Waals surface area (Å²) < 4.78 is 29.9. The summed E-state index contributed by atoms with van der Waals surface area (Å²) in [6.45, 7) is 5.57. The van der Waals surface area contributed by atoms with Crippen molar-refractivity contribution in [2.45, 2.75) is 25.7 Å². The van der Waals surface area contributed by atoms with Crippen LogP contribution in [-0.2, 0) is 14.8 Å². The number of hydrogen-bond acceptors (Lipinski definition) is 4. The van der Waals surface area contributed by atoms with Crippen LogP contribution in [0.5, 0.6) is 0 Å². The maximum Gasteiger partial charge on any atom is 0.264 e. The van der Waals surface area contributed by atoms with Gasteiger partial charge in [0.1, 0.15) is 6.54 Å². The summed E-state index contributed by atoms with van der Waals surface area (Å²) in [5.41, 5.74) is 7.81. The first-order valence-electron chi connectivity index (χ1n) is 11.6. The minimum absolute atomic E-state index is 0.0739. The number of nitrogens with zero attached hydrogens (tertiary/aromatic N) is 3. The summed E-state index contributed by atoms with van der Waals surface area (Å²) in [5.74, 6) is -0.585. The third-order valence-corrected chi connectivity index (χ3v) is 7.90. The molecule has 0 unspecified atom stereocenters. The largest absolute Gasteiger partial charge is 0.318 e. The van der Waals surface area contributed by atoms with Crippen molar-refractivity contribution < 1.29 is 13.2 Å². The van der Waals surface area contributed by atoms with Crippen LogP contribution >= 0.6 is 11.6 Å². The average Bonchev–Trinajstić information content (AvgIpc) is 3.16. The molecule has 3 aromatic carbocycles. The average molecular weight is 535 g/mol. The van der Waals surface area contributed by atoms with Gasteiger partial charge in [0.2, 0.25) is 0 Å². The van der Waals surface area contributed by atoms with Gasteiger partial charge in [-0.25, -0.2) is 13.8 Å². The highest BCUT2D eigenvalue weighted by Gasteiger charge is 2.27. The van der Waals surface area contributed by atoms with E-state index in [9.17, 15) is 13.2 Å². The standard InChI is InChI=1S/C28H27ClN4O3S/c1-20-8-7-9-26(16-20)33-21(2)17-23(22(33)3)18-30-31-28(34)19-32(25-14-12-24(29)13-15-25)37(35,36)27-10-5-4-6-11-27/h4-18H,19H2,1-3H3,(H,31,34)/b30-18-. The fourth-order valence-corrected chi connectivity index (χ4v) is 5.63. The third kappa shape index (κ3) is 5.93. The Hall–Kier alpha value is -3.88. The fourth-order valence-electron chi connectivity index (χ4n) is 4.06. The smallest absolute Gasteiger partial charge is 0.264 e. The minimum atomic E-state index is -4.01. The van der Waals surface area contributed by atoms with Crippen molar-refractivity contribution in [1.29, 1.82) is 0 Å². The van der Waals surface area contributed by atoms with Crippen LogP contribution in [0.4, 0.5) is 5.69 Å². The molecule has 1 amide bonds. The molecule has 0 radical (unpaired) electrons. The molecular formula is C28H27ClN4O3S. The zero-order valence-electron chi connectivity index (χ0n) is 20.7. The lowest BCUT2D eigenvalue weighted by atomic mass is 10.2. The van der Waals surface area contributed by atoms with Gasteiger partial charge in [0.05, 0.1) is 16.8 Å². The van der Waals surface area contributed by atoms with E-state index in [1.165, 1.54) is 12.1 Å². The van der Waals surface area contributed by atoms with Crippen LogP contribution in [0.15, 0.2) is 94.9 Å². The van der Waals surface area contributed by atoms with Gasteiger partial charge < -0.3 is 4.57 Å². The molecule has 1 aromatic heterocycles. The summed E-state index contributed by atoms with van der Waals surface area (Å²) in [5, 5.41) is 4.56. The Balaban J connectivity index is 1.54. The van der Waals surface area contributed by atoms with Crippen molar-refractivity contribution in [3.63, 3.8) is 0 Å². The molecule has 0 saturated heterocycles. The molecule has 190 valence electrons. The van der Waals surface area contributed by atoms with E-state index >= 15 is 0 Å². The molecule has 0 spiro atoms. The van der Waals surface area contributed by atoms with Gasteiger partial charge in [0.15, 0.2) is 0 Å². The first kappa shape index (κ1) is 26.2. The molecule has 9 heteroatoms. The summed E-state index contributed by atoms with van der Waals surface area (Å²) in [4.78, 5) is 12.9. The zero-order valence-corrected chi connectivity index (χ0v) is 22.3. The predicted molar refractivity (Wildman–Crippen MR) is 148 cm³/mol. The number of carbonyl (C=O) groups is 1. The number of anilines is 1. The van der Waals surface area contributed by atoms with E-state index in [1.807, 2.05) is 45.0 Å². The number of aryl methyl sites for hydroxylation is 2. The highest BCUT2D eigenvalue weighted by molar-refractivity contribution is 7.92. The zero-order chi connectivity index (χ0) is 26.6. The molecule has 1 heterocycles. The van der Waals surface area contributed by atoms with Gasteiger partial charge >= 0.3 is 0 Å². The molecule has 4 aromatic rings. The number of nitrogens with one attached hydrogen (secondary N) is 1. The molecule has 0 atom stereocenters.